The SMILES string of the molecule is COC(=O)C(N)C(=O)N(C)c1csc2ccccc12. The first kappa shape index (κ1) is 13.5. The maximum Gasteiger partial charge on any atom is 0.332 e. The van der Waals surface area contributed by atoms with Crippen molar-refractivity contribution >= 4 is 39.0 Å². The van der Waals surface area contributed by atoms with E-state index in [1.54, 1.807) is 7.05 Å². The number of hydrogen-bond acceptors (Lipinski definition) is 5. The molecule has 1 atom stereocenters. The van der Waals surface area contributed by atoms with Gasteiger partial charge in [-0.15, -0.1) is 11.3 Å². The minimum Gasteiger partial charge on any atom is -0.467 e. The Morgan fingerprint density at radius 2 is 2.05 bits per heavy atom. The Hall–Kier alpha value is -1.92. The zero-order valence-electron chi connectivity index (χ0n) is 10.6. The van der Waals surface area contributed by atoms with E-state index >= 15 is 0 Å². The molecule has 0 saturated heterocycles. The number of fused-ring (bicyclic) bond motifs is 1. The van der Waals surface area contributed by atoms with Crippen molar-refractivity contribution in [3.05, 3.63) is 29.6 Å². The van der Waals surface area contributed by atoms with Gasteiger partial charge in [-0.05, 0) is 6.07 Å². The molecule has 0 aliphatic heterocycles. The molecule has 0 aliphatic rings. The van der Waals surface area contributed by atoms with Gasteiger partial charge < -0.3 is 15.4 Å². The van der Waals surface area contributed by atoms with Crippen molar-refractivity contribution in [2.24, 2.45) is 5.73 Å². The molecule has 1 heterocycles. The van der Waals surface area contributed by atoms with Crippen LogP contribution in [0, 0.1) is 0 Å². The summed E-state index contributed by atoms with van der Waals surface area (Å²) in [7, 11) is 2.80. The summed E-state index contributed by atoms with van der Waals surface area (Å²) in [4.78, 5) is 24.8. The van der Waals surface area contributed by atoms with Gasteiger partial charge in [0.05, 0.1) is 12.8 Å². The number of esters is 1. The number of anilines is 1. The molecule has 1 aromatic heterocycles. The predicted molar refractivity (Wildman–Crippen MR) is 75.2 cm³/mol. The lowest BCUT2D eigenvalue weighted by molar-refractivity contribution is -0.145. The number of ether oxygens (including phenoxy) is 1. The molecule has 0 saturated carbocycles. The van der Waals surface area contributed by atoms with Crippen molar-refractivity contribution in [3.63, 3.8) is 0 Å². The van der Waals surface area contributed by atoms with Gasteiger partial charge in [-0.1, -0.05) is 18.2 Å². The molecule has 5 nitrogen and oxygen atoms in total. The fourth-order valence-electron chi connectivity index (χ4n) is 1.78. The van der Waals surface area contributed by atoms with Crippen LogP contribution < -0.4 is 10.6 Å². The lowest BCUT2D eigenvalue weighted by Gasteiger charge is -2.19. The van der Waals surface area contributed by atoms with Crippen molar-refractivity contribution in [3.8, 4) is 0 Å². The first-order valence-corrected chi connectivity index (χ1v) is 6.51. The van der Waals surface area contributed by atoms with Crippen molar-refractivity contribution in [1.29, 1.82) is 0 Å². The Balaban J connectivity index is 2.31. The Labute approximate surface area is 114 Å². The first-order valence-electron chi connectivity index (χ1n) is 5.63. The van der Waals surface area contributed by atoms with Gasteiger partial charge in [0, 0.05) is 22.5 Å². The third kappa shape index (κ3) is 2.45. The van der Waals surface area contributed by atoms with Gasteiger partial charge in [-0.25, -0.2) is 4.79 Å². The summed E-state index contributed by atoms with van der Waals surface area (Å²) < 4.78 is 5.55. The maximum atomic E-state index is 12.1. The van der Waals surface area contributed by atoms with Crippen molar-refractivity contribution < 1.29 is 14.3 Å². The van der Waals surface area contributed by atoms with E-state index in [2.05, 4.69) is 4.74 Å². The monoisotopic (exact) mass is 278 g/mol. The zero-order valence-corrected chi connectivity index (χ0v) is 11.4. The van der Waals surface area contributed by atoms with Gasteiger partial charge in [0.25, 0.3) is 5.91 Å². The number of benzene rings is 1. The number of likely N-dealkylation sites (N-methyl/N-ethyl adjacent to an activating group) is 1. The van der Waals surface area contributed by atoms with E-state index in [4.69, 9.17) is 5.73 Å². The van der Waals surface area contributed by atoms with Crippen LogP contribution in [0.25, 0.3) is 10.1 Å². The van der Waals surface area contributed by atoms with E-state index in [9.17, 15) is 9.59 Å². The number of hydrogen-bond donors (Lipinski definition) is 1. The van der Waals surface area contributed by atoms with Crippen LogP contribution in [0.2, 0.25) is 0 Å². The smallest absolute Gasteiger partial charge is 0.332 e. The number of nitrogens with two attached hydrogens (primary N) is 1. The highest BCUT2D eigenvalue weighted by Gasteiger charge is 2.27. The van der Waals surface area contributed by atoms with Gasteiger partial charge in [0.1, 0.15) is 0 Å². The standard InChI is InChI=1S/C13H14N2O3S/c1-15(12(16)11(14)13(17)18-2)9-7-19-10-6-4-3-5-8(9)10/h3-7,11H,14H2,1-2H3. The van der Waals surface area contributed by atoms with E-state index in [1.165, 1.54) is 23.3 Å². The van der Waals surface area contributed by atoms with Crippen LogP contribution in [0.4, 0.5) is 5.69 Å². The lowest BCUT2D eigenvalue weighted by atomic mass is 10.2. The molecule has 2 N–H and O–H groups in total. The highest BCUT2D eigenvalue weighted by molar-refractivity contribution is 7.17. The molecule has 0 spiro atoms. The summed E-state index contributed by atoms with van der Waals surface area (Å²) in [6.07, 6.45) is 0. The average Bonchev–Trinajstić information content (AvgIpc) is 2.87. The normalized spacial score (nSPS) is 12.2. The summed E-state index contributed by atoms with van der Waals surface area (Å²) in [5, 5.41) is 2.83. The van der Waals surface area contributed by atoms with Gasteiger partial charge in [-0.2, -0.15) is 0 Å². The Morgan fingerprint density at radius 3 is 2.74 bits per heavy atom. The van der Waals surface area contributed by atoms with Crippen molar-refractivity contribution in [1.82, 2.24) is 0 Å². The molecule has 1 amide bonds. The zero-order chi connectivity index (χ0) is 14.0. The molecule has 0 bridgehead atoms. The summed E-state index contributed by atoms with van der Waals surface area (Å²) in [6.45, 7) is 0. The number of nitrogens with zero attached hydrogens (tertiary/aromatic N) is 1. The number of thiophene rings is 1. The first-order chi connectivity index (χ1) is 9.06. The number of carbonyl (C=O) groups excluding carboxylic acids is 2. The molecule has 2 aromatic rings. The van der Waals surface area contributed by atoms with Gasteiger partial charge >= 0.3 is 5.97 Å². The fourth-order valence-corrected chi connectivity index (χ4v) is 2.76. The minimum atomic E-state index is -1.30. The third-order valence-corrected chi connectivity index (χ3v) is 3.82. The molecule has 0 aliphatic carbocycles. The molecule has 2 rings (SSSR count). The third-order valence-electron chi connectivity index (χ3n) is 2.87. The van der Waals surface area contributed by atoms with Crippen LogP contribution in [-0.2, 0) is 14.3 Å². The molecule has 1 aromatic carbocycles. The van der Waals surface area contributed by atoms with Crippen molar-refractivity contribution in [2.45, 2.75) is 6.04 Å². The second-order valence-electron chi connectivity index (χ2n) is 4.02. The van der Waals surface area contributed by atoms with Crippen LogP contribution in [0.1, 0.15) is 0 Å². The minimum absolute atomic E-state index is 0.490. The molecule has 0 fully saturated rings. The van der Waals surface area contributed by atoms with E-state index < -0.39 is 17.9 Å². The number of rotatable bonds is 3. The Bertz CT molecular complexity index is 623. The van der Waals surface area contributed by atoms with Crippen LogP contribution in [0.3, 0.4) is 0 Å². The van der Waals surface area contributed by atoms with Crippen molar-refractivity contribution in [2.75, 3.05) is 19.1 Å². The Morgan fingerprint density at radius 1 is 1.37 bits per heavy atom. The number of amides is 1. The highest BCUT2D eigenvalue weighted by atomic mass is 32.1. The number of methoxy groups -OCH3 is 1. The molecule has 6 heteroatoms. The summed E-state index contributed by atoms with van der Waals surface area (Å²) in [5.74, 6) is -1.23. The van der Waals surface area contributed by atoms with Crippen LogP contribution in [0.5, 0.6) is 0 Å². The van der Waals surface area contributed by atoms with Gasteiger partial charge in [0.15, 0.2) is 6.04 Å². The molecule has 100 valence electrons. The number of carbonyl (C=O) groups is 2. The van der Waals surface area contributed by atoms with E-state index in [-0.39, 0.29) is 0 Å². The summed E-state index contributed by atoms with van der Waals surface area (Å²) in [5.41, 5.74) is 6.30. The second kappa shape index (κ2) is 5.38. The fraction of sp³-hybridized carbons (Fsp3) is 0.231. The molecular formula is C13H14N2O3S. The Kier molecular flexibility index (Phi) is 3.82. The molecular weight excluding hydrogens is 264 g/mol. The quantitative estimate of drug-likeness (QED) is 0.679. The van der Waals surface area contributed by atoms with Gasteiger partial charge in [-0.3, -0.25) is 4.79 Å². The topological polar surface area (TPSA) is 72.6 Å². The largest absolute Gasteiger partial charge is 0.467 e. The van der Waals surface area contributed by atoms with E-state index in [1.807, 2.05) is 29.6 Å². The average molecular weight is 278 g/mol. The maximum absolute atomic E-state index is 12.1. The van der Waals surface area contributed by atoms with Crippen LogP contribution >= 0.6 is 11.3 Å². The van der Waals surface area contributed by atoms with Crippen LogP contribution in [0.15, 0.2) is 29.6 Å². The molecule has 1 unspecified atom stereocenters. The van der Waals surface area contributed by atoms with Gasteiger partial charge in [0.2, 0.25) is 0 Å². The van der Waals surface area contributed by atoms with Crippen LogP contribution in [-0.4, -0.2) is 32.1 Å². The summed E-state index contributed by atoms with van der Waals surface area (Å²) in [6, 6.07) is 6.44. The lowest BCUT2D eigenvalue weighted by Crippen LogP contribution is -2.47. The predicted octanol–water partition coefficient (Wildman–Crippen LogP) is 1.36. The highest BCUT2D eigenvalue weighted by Crippen LogP contribution is 2.32. The second-order valence-corrected chi connectivity index (χ2v) is 4.93. The summed E-state index contributed by atoms with van der Waals surface area (Å²) >= 11 is 1.53. The molecule has 0 radical (unpaired) electrons. The van der Waals surface area contributed by atoms with E-state index in [0.29, 0.717) is 0 Å². The molecule has 19 heavy (non-hydrogen) atoms. The van der Waals surface area contributed by atoms with E-state index in [0.717, 1.165) is 15.8 Å².